The van der Waals surface area contributed by atoms with Gasteiger partial charge in [-0.1, -0.05) is 53.0 Å². The van der Waals surface area contributed by atoms with Gasteiger partial charge in [0, 0.05) is 21.2 Å². The van der Waals surface area contributed by atoms with Crippen molar-refractivity contribution in [1.82, 2.24) is 5.43 Å². The summed E-state index contributed by atoms with van der Waals surface area (Å²) in [6.07, 6.45) is 1.44. The van der Waals surface area contributed by atoms with Crippen molar-refractivity contribution in [3.63, 3.8) is 0 Å². The van der Waals surface area contributed by atoms with Gasteiger partial charge in [0.05, 0.1) is 23.9 Å². The van der Waals surface area contributed by atoms with E-state index in [1.807, 2.05) is 0 Å². The normalized spacial score (nSPS) is 10.8. The molecule has 0 unspecified atom stereocenters. The van der Waals surface area contributed by atoms with Crippen LogP contribution in [0.2, 0.25) is 15.1 Å². The molecule has 1 N–H and O–H groups in total. The first-order chi connectivity index (χ1) is 18.8. The molecular weight excluding hydrogens is 563 g/mol. The van der Waals surface area contributed by atoms with Gasteiger partial charge >= 0.3 is 5.97 Å². The highest BCUT2D eigenvalue weighted by Gasteiger charge is 2.15. The second kappa shape index (κ2) is 13.2. The lowest BCUT2D eigenvalue weighted by Crippen LogP contribution is -2.17. The van der Waals surface area contributed by atoms with Crippen LogP contribution < -0.4 is 19.6 Å². The van der Waals surface area contributed by atoms with Gasteiger partial charge in [0.15, 0.2) is 11.5 Å². The van der Waals surface area contributed by atoms with Crippen molar-refractivity contribution in [3.8, 4) is 17.2 Å². The first-order valence-corrected chi connectivity index (χ1v) is 12.6. The van der Waals surface area contributed by atoms with Gasteiger partial charge in [-0.3, -0.25) is 4.79 Å². The number of rotatable bonds is 9. The minimum Gasteiger partial charge on any atom is -0.493 e. The van der Waals surface area contributed by atoms with Crippen molar-refractivity contribution in [1.29, 1.82) is 0 Å². The Balaban J connectivity index is 1.33. The van der Waals surface area contributed by atoms with Gasteiger partial charge in [0.1, 0.15) is 12.4 Å². The maximum atomic E-state index is 12.5. The molecule has 4 rings (SSSR count). The van der Waals surface area contributed by atoms with E-state index < -0.39 is 11.9 Å². The van der Waals surface area contributed by atoms with Gasteiger partial charge in [-0.25, -0.2) is 10.2 Å². The highest BCUT2D eigenvalue weighted by molar-refractivity contribution is 6.35. The van der Waals surface area contributed by atoms with Gasteiger partial charge in [0.2, 0.25) is 0 Å². The van der Waals surface area contributed by atoms with E-state index in [1.165, 1.54) is 13.3 Å². The fourth-order valence-electron chi connectivity index (χ4n) is 3.36. The molecule has 0 spiro atoms. The Morgan fingerprint density at radius 2 is 1.64 bits per heavy atom. The van der Waals surface area contributed by atoms with E-state index in [4.69, 9.17) is 49.0 Å². The number of hydrogen-bond donors (Lipinski definition) is 1. The number of hydrogen-bond acceptors (Lipinski definition) is 6. The summed E-state index contributed by atoms with van der Waals surface area (Å²) in [6.45, 7) is 0.257. The molecule has 0 atom stereocenters. The van der Waals surface area contributed by atoms with Crippen molar-refractivity contribution >= 4 is 52.9 Å². The molecule has 0 fully saturated rings. The molecule has 0 aliphatic heterocycles. The fourth-order valence-corrected chi connectivity index (χ4v) is 4.04. The van der Waals surface area contributed by atoms with Crippen LogP contribution in [0.25, 0.3) is 0 Å². The Morgan fingerprint density at radius 1 is 0.872 bits per heavy atom. The molecule has 0 bridgehead atoms. The number of benzene rings is 4. The largest absolute Gasteiger partial charge is 0.493 e. The van der Waals surface area contributed by atoms with Crippen LogP contribution >= 0.6 is 34.8 Å². The van der Waals surface area contributed by atoms with Crippen LogP contribution in [-0.4, -0.2) is 25.2 Å². The van der Waals surface area contributed by atoms with Gasteiger partial charge in [-0.15, -0.1) is 0 Å². The summed E-state index contributed by atoms with van der Waals surface area (Å²) >= 11 is 18.1. The standard InChI is InChI=1S/C29H21Cl3N2O5/c1-37-27-14-18(6-13-26(27)39-29(36)23-4-2-3-5-24(23)31)16-33-34-28(35)19-8-11-22(12-9-19)38-17-20-7-10-21(30)15-25(20)32/h2-16H,17H2,1H3,(H,34,35)/b33-16-. The number of esters is 1. The molecule has 0 aromatic heterocycles. The van der Waals surface area contributed by atoms with Crippen LogP contribution in [0.3, 0.4) is 0 Å². The van der Waals surface area contributed by atoms with Gasteiger partial charge in [-0.05, 0) is 72.3 Å². The van der Waals surface area contributed by atoms with Crippen LogP contribution in [0.1, 0.15) is 31.8 Å². The summed E-state index contributed by atoms with van der Waals surface area (Å²) in [6, 6.07) is 23.2. The van der Waals surface area contributed by atoms with Crippen molar-refractivity contribution in [2.24, 2.45) is 5.10 Å². The van der Waals surface area contributed by atoms with E-state index in [0.29, 0.717) is 32.7 Å². The molecule has 39 heavy (non-hydrogen) atoms. The molecule has 0 saturated carbocycles. The zero-order valence-corrected chi connectivity index (χ0v) is 22.8. The quantitative estimate of drug-likeness (QED) is 0.0973. The highest BCUT2D eigenvalue weighted by Crippen LogP contribution is 2.29. The lowest BCUT2D eigenvalue weighted by Gasteiger charge is -2.10. The maximum absolute atomic E-state index is 12.5. The van der Waals surface area contributed by atoms with Gasteiger partial charge < -0.3 is 14.2 Å². The monoisotopic (exact) mass is 582 g/mol. The molecule has 4 aromatic rings. The summed E-state index contributed by atoms with van der Waals surface area (Å²) < 4.78 is 16.5. The number of ether oxygens (including phenoxy) is 3. The third kappa shape index (κ3) is 7.51. The molecule has 0 saturated heterocycles. The van der Waals surface area contributed by atoms with Crippen molar-refractivity contribution in [2.75, 3.05) is 7.11 Å². The van der Waals surface area contributed by atoms with E-state index in [0.717, 1.165) is 5.56 Å². The zero-order chi connectivity index (χ0) is 27.8. The predicted octanol–water partition coefficient (Wildman–Crippen LogP) is 7.22. The minimum atomic E-state index is -0.613. The Bertz CT molecular complexity index is 1520. The molecule has 0 aliphatic carbocycles. The lowest BCUT2D eigenvalue weighted by molar-refractivity contribution is 0.0729. The summed E-state index contributed by atoms with van der Waals surface area (Å²) in [4.78, 5) is 24.9. The number of methoxy groups -OCH3 is 1. The van der Waals surface area contributed by atoms with Gasteiger partial charge in [-0.2, -0.15) is 5.10 Å². The number of carbonyl (C=O) groups is 2. The van der Waals surface area contributed by atoms with Crippen LogP contribution in [0.5, 0.6) is 17.2 Å². The fraction of sp³-hybridized carbons (Fsp3) is 0.0690. The van der Waals surface area contributed by atoms with E-state index in [9.17, 15) is 9.59 Å². The number of carbonyl (C=O) groups excluding carboxylic acids is 2. The summed E-state index contributed by atoms with van der Waals surface area (Å²) in [5.74, 6) is 0.0717. The molecular formula is C29H21Cl3N2O5. The Labute approximate surface area is 239 Å². The molecule has 10 heteroatoms. The second-order valence-corrected chi connectivity index (χ2v) is 9.28. The first kappa shape index (κ1) is 28.0. The summed E-state index contributed by atoms with van der Waals surface area (Å²) in [7, 11) is 1.45. The zero-order valence-electron chi connectivity index (χ0n) is 20.5. The van der Waals surface area contributed by atoms with Crippen LogP contribution in [0, 0.1) is 0 Å². The molecule has 0 heterocycles. The average Bonchev–Trinajstić information content (AvgIpc) is 2.93. The Kier molecular flexibility index (Phi) is 9.44. The maximum Gasteiger partial charge on any atom is 0.345 e. The topological polar surface area (TPSA) is 86.2 Å². The van der Waals surface area contributed by atoms with E-state index in [1.54, 1.807) is 84.9 Å². The van der Waals surface area contributed by atoms with E-state index in [-0.39, 0.29) is 22.9 Å². The van der Waals surface area contributed by atoms with E-state index in [2.05, 4.69) is 10.5 Å². The van der Waals surface area contributed by atoms with Crippen LogP contribution in [0.4, 0.5) is 0 Å². The molecule has 0 radical (unpaired) electrons. The smallest absolute Gasteiger partial charge is 0.345 e. The number of amides is 1. The predicted molar refractivity (Wildman–Crippen MR) is 152 cm³/mol. The average molecular weight is 584 g/mol. The number of halogens is 3. The second-order valence-electron chi connectivity index (χ2n) is 8.03. The molecule has 198 valence electrons. The molecule has 4 aromatic carbocycles. The van der Waals surface area contributed by atoms with Crippen LogP contribution in [-0.2, 0) is 6.61 Å². The summed E-state index contributed by atoms with van der Waals surface area (Å²) in [5.41, 5.74) is 4.49. The number of hydrazone groups is 1. The lowest BCUT2D eigenvalue weighted by atomic mass is 10.2. The Hall–Kier alpha value is -4.04. The SMILES string of the molecule is COc1cc(/C=N\NC(=O)c2ccc(OCc3ccc(Cl)cc3Cl)cc2)ccc1OC(=O)c1ccccc1Cl. The highest BCUT2D eigenvalue weighted by atomic mass is 35.5. The van der Waals surface area contributed by atoms with Crippen molar-refractivity contribution < 1.29 is 23.8 Å². The Morgan fingerprint density at radius 3 is 2.36 bits per heavy atom. The summed E-state index contributed by atoms with van der Waals surface area (Å²) in [5, 5.41) is 5.34. The third-order valence-corrected chi connectivity index (χ3v) is 6.31. The molecule has 0 aliphatic rings. The van der Waals surface area contributed by atoms with Crippen LogP contribution in [0.15, 0.2) is 90.0 Å². The molecule has 7 nitrogen and oxygen atoms in total. The van der Waals surface area contributed by atoms with Crippen molar-refractivity contribution in [3.05, 3.63) is 122 Å². The molecule has 1 amide bonds. The third-order valence-electron chi connectivity index (χ3n) is 5.39. The number of nitrogens with one attached hydrogen (secondary N) is 1. The minimum absolute atomic E-state index is 0.212. The van der Waals surface area contributed by atoms with Crippen molar-refractivity contribution in [2.45, 2.75) is 6.61 Å². The number of nitrogens with zero attached hydrogens (tertiary/aromatic N) is 1. The van der Waals surface area contributed by atoms with Gasteiger partial charge in [0.25, 0.3) is 5.91 Å². The first-order valence-electron chi connectivity index (χ1n) is 11.5. The van der Waals surface area contributed by atoms with E-state index >= 15 is 0 Å².